The van der Waals surface area contributed by atoms with E-state index in [-0.39, 0.29) is 0 Å². The molecule has 2 aromatic carbocycles. The highest BCUT2D eigenvalue weighted by atomic mass is 15.0. The third-order valence-electron chi connectivity index (χ3n) is 4.21. The van der Waals surface area contributed by atoms with Gasteiger partial charge in [-0.25, -0.2) is 0 Å². The van der Waals surface area contributed by atoms with E-state index in [4.69, 9.17) is 0 Å². The van der Waals surface area contributed by atoms with Gasteiger partial charge < -0.3 is 10.6 Å². The molecule has 0 amide bonds. The Labute approximate surface area is 135 Å². The summed E-state index contributed by atoms with van der Waals surface area (Å²) in [5.74, 6) is 0. The number of benzene rings is 2. The van der Waals surface area contributed by atoms with E-state index in [9.17, 15) is 0 Å². The molecule has 0 fully saturated rings. The second kappa shape index (κ2) is 7.88. The lowest BCUT2D eigenvalue weighted by atomic mass is 10.1. The van der Waals surface area contributed by atoms with E-state index in [1.165, 1.54) is 33.6 Å². The van der Waals surface area contributed by atoms with Gasteiger partial charge in [-0.1, -0.05) is 50.2 Å². The predicted octanol–water partition coefficient (Wildman–Crippen LogP) is 4.95. The van der Waals surface area contributed by atoms with Gasteiger partial charge in [0.05, 0.1) is 0 Å². The molecule has 0 unspecified atom stereocenters. The van der Waals surface area contributed by atoms with Crippen molar-refractivity contribution in [2.75, 3.05) is 23.7 Å². The van der Waals surface area contributed by atoms with Crippen LogP contribution in [0.3, 0.4) is 0 Å². The van der Waals surface area contributed by atoms with Gasteiger partial charge in [-0.2, -0.15) is 0 Å². The van der Waals surface area contributed by atoms with Crippen molar-refractivity contribution in [3.8, 4) is 0 Å². The largest absolute Gasteiger partial charge is 0.383 e. The topological polar surface area (TPSA) is 24.1 Å². The Balaban J connectivity index is 1.96. The molecule has 0 saturated heterocycles. The van der Waals surface area contributed by atoms with E-state index >= 15 is 0 Å². The Morgan fingerprint density at radius 2 is 1.09 bits per heavy atom. The fourth-order valence-electron chi connectivity index (χ4n) is 2.93. The number of hydrogen-bond acceptors (Lipinski definition) is 2. The SMILES string of the molecule is CCc1cccc(C)c1NCCNc1c(C)cccc1CC. The molecule has 0 radical (unpaired) electrons. The molecule has 2 rings (SSSR count). The van der Waals surface area contributed by atoms with Crippen LogP contribution in [0.25, 0.3) is 0 Å². The molecule has 2 heteroatoms. The minimum Gasteiger partial charge on any atom is -0.383 e. The Morgan fingerprint density at radius 1 is 0.682 bits per heavy atom. The fourth-order valence-corrected chi connectivity index (χ4v) is 2.93. The zero-order valence-electron chi connectivity index (χ0n) is 14.3. The highest BCUT2D eigenvalue weighted by Gasteiger charge is 2.05. The third kappa shape index (κ3) is 3.82. The van der Waals surface area contributed by atoms with Gasteiger partial charge in [-0.3, -0.25) is 0 Å². The molecule has 0 atom stereocenters. The summed E-state index contributed by atoms with van der Waals surface area (Å²) in [6.45, 7) is 10.6. The minimum atomic E-state index is 0.926. The molecule has 0 aliphatic carbocycles. The summed E-state index contributed by atoms with van der Waals surface area (Å²) in [4.78, 5) is 0. The van der Waals surface area contributed by atoms with Crippen molar-refractivity contribution in [2.45, 2.75) is 40.5 Å². The number of nitrogens with one attached hydrogen (secondary N) is 2. The molecule has 118 valence electrons. The average Bonchev–Trinajstić information content (AvgIpc) is 2.53. The third-order valence-corrected chi connectivity index (χ3v) is 4.21. The van der Waals surface area contributed by atoms with Crippen LogP contribution < -0.4 is 10.6 Å². The van der Waals surface area contributed by atoms with Crippen LogP contribution in [0.4, 0.5) is 11.4 Å². The zero-order valence-corrected chi connectivity index (χ0v) is 14.3. The average molecular weight is 296 g/mol. The monoisotopic (exact) mass is 296 g/mol. The fraction of sp³-hybridized carbons (Fsp3) is 0.400. The van der Waals surface area contributed by atoms with Crippen molar-refractivity contribution in [3.63, 3.8) is 0 Å². The summed E-state index contributed by atoms with van der Waals surface area (Å²) in [5, 5.41) is 7.19. The maximum Gasteiger partial charge on any atom is 0.0402 e. The maximum absolute atomic E-state index is 3.60. The standard InChI is InChI=1S/C20H28N2/c1-5-17-11-7-9-15(3)19(17)21-13-14-22-20-16(4)10-8-12-18(20)6-2/h7-12,21-22H,5-6,13-14H2,1-4H3. The number of rotatable bonds is 7. The van der Waals surface area contributed by atoms with Crippen molar-refractivity contribution >= 4 is 11.4 Å². The Hall–Kier alpha value is -1.96. The number of hydrogen-bond donors (Lipinski definition) is 2. The normalized spacial score (nSPS) is 10.5. The lowest BCUT2D eigenvalue weighted by molar-refractivity contribution is 1.03. The first kappa shape index (κ1) is 16.4. The smallest absolute Gasteiger partial charge is 0.0402 e. The molecule has 0 bridgehead atoms. The summed E-state index contributed by atoms with van der Waals surface area (Å²) in [6, 6.07) is 13.0. The van der Waals surface area contributed by atoms with Gasteiger partial charge >= 0.3 is 0 Å². The lowest BCUT2D eigenvalue weighted by Gasteiger charge is -2.17. The van der Waals surface area contributed by atoms with E-state index in [1.807, 2.05) is 0 Å². The van der Waals surface area contributed by atoms with Gasteiger partial charge in [-0.15, -0.1) is 0 Å². The van der Waals surface area contributed by atoms with Gasteiger partial charge in [0.25, 0.3) is 0 Å². The number of aryl methyl sites for hydroxylation is 4. The molecule has 0 spiro atoms. The highest BCUT2D eigenvalue weighted by Crippen LogP contribution is 2.22. The van der Waals surface area contributed by atoms with Gasteiger partial charge in [-0.05, 0) is 48.9 Å². The quantitative estimate of drug-likeness (QED) is 0.706. The summed E-state index contributed by atoms with van der Waals surface area (Å²) in [5.41, 5.74) is 8.03. The van der Waals surface area contributed by atoms with E-state index in [0.717, 1.165) is 25.9 Å². The van der Waals surface area contributed by atoms with Crippen LogP contribution >= 0.6 is 0 Å². The molecule has 0 saturated carbocycles. The molecular weight excluding hydrogens is 268 g/mol. The summed E-state index contributed by atoms with van der Waals surface area (Å²) in [6.07, 6.45) is 2.13. The van der Waals surface area contributed by atoms with Crippen LogP contribution in [0.2, 0.25) is 0 Å². The van der Waals surface area contributed by atoms with Crippen LogP contribution in [-0.4, -0.2) is 13.1 Å². The van der Waals surface area contributed by atoms with E-state index in [1.54, 1.807) is 0 Å². The molecule has 2 aromatic rings. The van der Waals surface area contributed by atoms with Gasteiger partial charge in [0.1, 0.15) is 0 Å². The van der Waals surface area contributed by atoms with Crippen LogP contribution in [0.1, 0.15) is 36.1 Å². The minimum absolute atomic E-state index is 0.926. The van der Waals surface area contributed by atoms with Crippen LogP contribution in [-0.2, 0) is 12.8 Å². The van der Waals surface area contributed by atoms with E-state index in [0.29, 0.717) is 0 Å². The Bertz CT molecular complexity index is 562. The van der Waals surface area contributed by atoms with E-state index < -0.39 is 0 Å². The van der Waals surface area contributed by atoms with Crippen molar-refractivity contribution in [1.82, 2.24) is 0 Å². The summed E-state index contributed by atoms with van der Waals surface area (Å²) in [7, 11) is 0. The Morgan fingerprint density at radius 3 is 1.45 bits per heavy atom. The molecule has 0 aromatic heterocycles. The predicted molar refractivity (Wildman–Crippen MR) is 98.1 cm³/mol. The molecule has 0 aliphatic heterocycles. The van der Waals surface area contributed by atoms with Crippen LogP contribution in [0, 0.1) is 13.8 Å². The molecular formula is C20H28N2. The molecule has 0 aliphatic rings. The molecule has 22 heavy (non-hydrogen) atoms. The van der Waals surface area contributed by atoms with Crippen molar-refractivity contribution < 1.29 is 0 Å². The van der Waals surface area contributed by atoms with Crippen molar-refractivity contribution in [2.24, 2.45) is 0 Å². The first-order valence-corrected chi connectivity index (χ1v) is 8.32. The zero-order chi connectivity index (χ0) is 15.9. The molecule has 2 nitrogen and oxygen atoms in total. The maximum atomic E-state index is 3.60. The molecule has 2 N–H and O–H groups in total. The number of anilines is 2. The number of para-hydroxylation sites is 2. The van der Waals surface area contributed by atoms with Crippen molar-refractivity contribution in [1.29, 1.82) is 0 Å². The lowest BCUT2D eigenvalue weighted by Crippen LogP contribution is -2.16. The van der Waals surface area contributed by atoms with Crippen LogP contribution in [0.5, 0.6) is 0 Å². The second-order valence-corrected chi connectivity index (χ2v) is 5.78. The summed E-state index contributed by atoms with van der Waals surface area (Å²) < 4.78 is 0. The Kier molecular flexibility index (Phi) is 5.88. The summed E-state index contributed by atoms with van der Waals surface area (Å²) >= 11 is 0. The first-order chi connectivity index (χ1) is 10.7. The van der Waals surface area contributed by atoms with Gasteiger partial charge in [0, 0.05) is 24.5 Å². The first-order valence-electron chi connectivity index (χ1n) is 8.32. The molecule has 0 heterocycles. The van der Waals surface area contributed by atoms with E-state index in [2.05, 4.69) is 74.7 Å². The second-order valence-electron chi connectivity index (χ2n) is 5.78. The highest BCUT2D eigenvalue weighted by molar-refractivity contribution is 5.59. The van der Waals surface area contributed by atoms with Crippen LogP contribution in [0.15, 0.2) is 36.4 Å². The van der Waals surface area contributed by atoms with Crippen molar-refractivity contribution in [3.05, 3.63) is 58.7 Å². The van der Waals surface area contributed by atoms with Gasteiger partial charge in [0.2, 0.25) is 0 Å². The van der Waals surface area contributed by atoms with Gasteiger partial charge in [0.15, 0.2) is 0 Å².